The van der Waals surface area contributed by atoms with Crippen LogP contribution in [0.25, 0.3) is 0 Å². The molecule has 12 heteroatoms. The van der Waals surface area contributed by atoms with Gasteiger partial charge in [-0.05, 0) is 48.5 Å². The van der Waals surface area contributed by atoms with Crippen molar-refractivity contribution in [1.82, 2.24) is 0 Å². The summed E-state index contributed by atoms with van der Waals surface area (Å²) in [6.45, 7) is 2.00. The number of carbonyl (C=O) groups excluding carboxylic acids is 4. The number of alkyl halides is 1. The quantitative estimate of drug-likeness (QED) is 0.234. The summed E-state index contributed by atoms with van der Waals surface area (Å²) in [6.07, 6.45) is -4.74. The van der Waals surface area contributed by atoms with Crippen LogP contribution in [0.4, 0.5) is 0 Å². The van der Waals surface area contributed by atoms with Gasteiger partial charge in [0.25, 0.3) is 0 Å². The molecule has 0 saturated carbocycles. The van der Waals surface area contributed by atoms with E-state index in [0.29, 0.717) is 5.56 Å². The van der Waals surface area contributed by atoms with Crippen LogP contribution in [0.3, 0.4) is 0 Å². The molecule has 1 fully saturated rings. The van der Waals surface area contributed by atoms with Gasteiger partial charge in [-0.3, -0.25) is 9.59 Å². The third-order valence-electron chi connectivity index (χ3n) is 4.96. The fourth-order valence-electron chi connectivity index (χ4n) is 3.39. The van der Waals surface area contributed by atoms with Crippen molar-refractivity contribution >= 4 is 71.7 Å². The first-order valence-electron chi connectivity index (χ1n) is 10.6. The van der Waals surface area contributed by atoms with Crippen LogP contribution in [0.5, 0.6) is 0 Å². The van der Waals surface area contributed by atoms with Crippen molar-refractivity contribution in [2.24, 2.45) is 0 Å². The van der Waals surface area contributed by atoms with Gasteiger partial charge in [-0.25, -0.2) is 9.59 Å². The fourth-order valence-corrected chi connectivity index (χ4v) is 4.60. The smallest absolute Gasteiger partial charge is 0.338 e. The monoisotopic (exact) mass is 690 g/mol. The zero-order valence-corrected chi connectivity index (χ0v) is 23.8. The molecule has 0 amide bonds. The van der Waals surface area contributed by atoms with Crippen molar-refractivity contribution in [2.45, 2.75) is 43.3 Å². The minimum atomic E-state index is -1.28. The van der Waals surface area contributed by atoms with E-state index in [1.165, 1.54) is 26.0 Å². The number of ether oxygens (including phenoxy) is 5. The minimum absolute atomic E-state index is 0.218. The Bertz CT molecular complexity index is 1100. The van der Waals surface area contributed by atoms with Gasteiger partial charge in [0.05, 0.1) is 11.1 Å². The summed E-state index contributed by atoms with van der Waals surface area (Å²) >= 11 is 9.88. The largest absolute Gasteiger partial charge is 0.459 e. The molecule has 1 aliphatic rings. The molecule has 1 heterocycles. The van der Waals surface area contributed by atoms with Crippen LogP contribution in [-0.4, -0.2) is 59.9 Å². The number of halogens is 3. The third-order valence-corrected chi connectivity index (χ3v) is 6.76. The summed E-state index contributed by atoms with van der Waals surface area (Å²) in [7, 11) is 0. The lowest BCUT2D eigenvalue weighted by atomic mass is 9.99. The van der Waals surface area contributed by atoms with E-state index in [9.17, 15) is 19.2 Å². The third kappa shape index (κ3) is 7.61. The maximum absolute atomic E-state index is 12.9. The van der Waals surface area contributed by atoms with E-state index in [-0.39, 0.29) is 12.2 Å². The van der Waals surface area contributed by atoms with Gasteiger partial charge < -0.3 is 23.7 Å². The van der Waals surface area contributed by atoms with Crippen LogP contribution in [0.15, 0.2) is 57.5 Å². The zero-order chi connectivity index (χ0) is 26.4. The van der Waals surface area contributed by atoms with E-state index < -0.39 is 53.3 Å². The van der Waals surface area contributed by atoms with Gasteiger partial charge in [0, 0.05) is 22.8 Å². The highest BCUT2D eigenvalue weighted by Crippen LogP contribution is 2.32. The van der Waals surface area contributed by atoms with Crippen molar-refractivity contribution in [3.63, 3.8) is 0 Å². The van der Waals surface area contributed by atoms with Gasteiger partial charge in [0.1, 0.15) is 12.7 Å². The van der Waals surface area contributed by atoms with Crippen LogP contribution < -0.4 is 0 Å². The van der Waals surface area contributed by atoms with E-state index in [1.807, 2.05) is 0 Å². The van der Waals surface area contributed by atoms with E-state index in [2.05, 4.69) is 47.8 Å². The molecule has 1 aliphatic heterocycles. The molecule has 0 bridgehead atoms. The van der Waals surface area contributed by atoms with Crippen molar-refractivity contribution in [1.29, 1.82) is 0 Å². The molecule has 5 atom stereocenters. The van der Waals surface area contributed by atoms with E-state index in [4.69, 9.17) is 23.7 Å². The van der Waals surface area contributed by atoms with E-state index in [1.54, 1.807) is 36.4 Å². The molecular formula is C24H21Br3O9. The first kappa shape index (κ1) is 28.3. The number of carbonyl (C=O) groups is 4. The van der Waals surface area contributed by atoms with E-state index in [0.717, 1.165) is 8.95 Å². The summed E-state index contributed by atoms with van der Waals surface area (Å²) in [4.78, 5) is 49.1. The van der Waals surface area contributed by atoms with Crippen molar-refractivity contribution in [3.8, 4) is 0 Å². The molecule has 192 valence electrons. The highest BCUT2D eigenvalue weighted by molar-refractivity contribution is 9.10. The van der Waals surface area contributed by atoms with Crippen LogP contribution >= 0.6 is 47.8 Å². The Labute approximate surface area is 232 Å². The molecule has 0 aromatic heterocycles. The normalized spacial score (nSPS) is 23.3. The molecule has 1 saturated heterocycles. The lowest BCUT2D eigenvalue weighted by molar-refractivity contribution is -0.227. The highest BCUT2D eigenvalue weighted by atomic mass is 79.9. The standard InChI is InChI=1S/C24H21Br3O9/c1-12(28)33-20-19(36-24(31)15-5-9-17(26)10-6-15)18(35-22(27)21(20)34-13(2)29)11-32-23(30)14-3-7-16(25)8-4-14/h3-10,18-22H,11H2,1-2H3/t18-,19-,20+,21+,22+/m1/s1. The number of benzene rings is 2. The average Bonchev–Trinajstić information content (AvgIpc) is 2.82. The Morgan fingerprint density at radius 3 is 1.69 bits per heavy atom. The van der Waals surface area contributed by atoms with Crippen LogP contribution in [0.2, 0.25) is 0 Å². The maximum atomic E-state index is 12.9. The topological polar surface area (TPSA) is 114 Å². The van der Waals surface area contributed by atoms with Gasteiger partial charge in [-0.1, -0.05) is 47.8 Å². The molecule has 3 rings (SSSR count). The first-order chi connectivity index (χ1) is 17.0. The lowest BCUT2D eigenvalue weighted by Crippen LogP contribution is -2.61. The van der Waals surface area contributed by atoms with Crippen molar-refractivity contribution < 1.29 is 42.9 Å². The predicted octanol–water partition coefficient (Wildman–Crippen LogP) is 4.58. The molecule has 36 heavy (non-hydrogen) atoms. The Morgan fingerprint density at radius 1 is 0.722 bits per heavy atom. The molecule has 0 N–H and O–H groups in total. The second-order valence-electron chi connectivity index (χ2n) is 7.66. The van der Waals surface area contributed by atoms with E-state index >= 15 is 0 Å². The number of rotatable bonds is 7. The van der Waals surface area contributed by atoms with Gasteiger partial charge >= 0.3 is 23.9 Å². The Kier molecular flexibility index (Phi) is 10.1. The fraction of sp³-hybridized carbons (Fsp3) is 0.333. The Hall–Kier alpha value is -2.28. The SMILES string of the molecule is CC(=O)O[C@@H]1[C@H](OC(C)=O)[C@@H](Br)O[C@H](COC(=O)c2ccc(Br)cc2)[C@H]1OC(=O)c1ccc(Br)cc1. The van der Waals surface area contributed by atoms with Crippen LogP contribution in [0, 0.1) is 0 Å². The predicted molar refractivity (Wildman–Crippen MR) is 136 cm³/mol. The summed E-state index contributed by atoms with van der Waals surface area (Å²) in [6, 6.07) is 12.9. The average molecular weight is 693 g/mol. The van der Waals surface area contributed by atoms with Gasteiger partial charge in [-0.2, -0.15) is 0 Å². The molecular weight excluding hydrogens is 672 g/mol. The van der Waals surface area contributed by atoms with Gasteiger partial charge in [0.2, 0.25) is 0 Å². The second kappa shape index (κ2) is 12.8. The minimum Gasteiger partial charge on any atom is -0.459 e. The lowest BCUT2D eigenvalue weighted by Gasteiger charge is -2.42. The Balaban J connectivity index is 1.87. The highest BCUT2D eigenvalue weighted by Gasteiger charge is 2.51. The molecule has 0 spiro atoms. The second-order valence-corrected chi connectivity index (χ2v) is 10.4. The maximum Gasteiger partial charge on any atom is 0.338 e. The van der Waals surface area contributed by atoms with Crippen LogP contribution in [-0.2, 0) is 33.3 Å². The van der Waals surface area contributed by atoms with Crippen molar-refractivity contribution in [2.75, 3.05) is 6.61 Å². The Morgan fingerprint density at radius 2 is 1.19 bits per heavy atom. The van der Waals surface area contributed by atoms with Gasteiger partial charge in [-0.15, -0.1) is 0 Å². The summed E-state index contributed by atoms with van der Waals surface area (Å²) < 4.78 is 29.2. The summed E-state index contributed by atoms with van der Waals surface area (Å²) in [5, 5.41) is -0.954. The molecule has 0 unspecified atom stereocenters. The number of esters is 4. The molecule has 0 aliphatic carbocycles. The first-order valence-corrected chi connectivity index (χ1v) is 13.1. The van der Waals surface area contributed by atoms with Crippen molar-refractivity contribution in [3.05, 3.63) is 68.6 Å². The molecule has 2 aromatic carbocycles. The number of hydrogen-bond donors (Lipinski definition) is 0. The van der Waals surface area contributed by atoms with Crippen LogP contribution in [0.1, 0.15) is 34.6 Å². The molecule has 2 aromatic rings. The van der Waals surface area contributed by atoms with Gasteiger partial charge in [0.15, 0.2) is 23.3 Å². The summed E-state index contributed by atoms with van der Waals surface area (Å²) in [5.41, 5.74) is 0.512. The number of hydrogen-bond acceptors (Lipinski definition) is 9. The zero-order valence-electron chi connectivity index (χ0n) is 19.0. The molecule has 9 nitrogen and oxygen atoms in total. The molecule has 0 radical (unpaired) electrons. The summed E-state index contributed by atoms with van der Waals surface area (Å²) in [5.74, 6) is -2.74.